The van der Waals surface area contributed by atoms with E-state index in [1.807, 2.05) is 37.1 Å². The van der Waals surface area contributed by atoms with Crippen molar-refractivity contribution in [1.82, 2.24) is 9.97 Å². The molecule has 19 heavy (non-hydrogen) atoms. The minimum absolute atomic E-state index is 0.198. The van der Waals surface area contributed by atoms with E-state index in [9.17, 15) is 4.79 Å². The number of rotatable bonds is 3. The summed E-state index contributed by atoms with van der Waals surface area (Å²) in [6.07, 6.45) is 2.96. The van der Waals surface area contributed by atoms with Crippen molar-refractivity contribution in [3.05, 3.63) is 47.9 Å². The van der Waals surface area contributed by atoms with Crippen LogP contribution in [0.1, 0.15) is 16.1 Å². The van der Waals surface area contributed by atoms with Crippen molar-refractivity contribution in [2.45, 2.75) is 6.92 Å². The van der Waals surface area contributed by atoms with Crippen molar-refractivity contribution in [1.29, 1.82) is 0 Å². The lowest BCUT2D eigenvalue weighted by Gasteiger charge is -2.18. The monoisotopic (exact) mass is 257 g/mol. The van der Waals surface area contributed by atoms with Crippen molar-refractivity contribution >= 4 is 17.5 Å². The van der Waals surface area contributed by atoms with Crippen molar-refractivity contribution in [2.75, 3.05) is 19.1 Å². The Labute approximate surface area is 111 Å². The molecular weight excluding hydrogens is 242 g/mol. The Kier molecular flexibility index (Phi) is 3.75. The molecule has 0 spiro atoms. The lowest BCUT2D eigenvalue weighted by Crippen LogP contribution is -2.13. The van der Waals surface area contributed by atoms with Crippen LogP contribution in [0.3, 0.4) is 0 Å². The van der Waals surface area contributed by atoms with Crippen LogP contribution in [0, 0.1) is 6.92 Å². The molecule has 2 aromatic rings. The van der Waals surface area contributed by atoms with Crippen LogP contribution in [-0.2, 0) is 4.74 Å². The van der Waals surface area contributed by atoms with E-state index in [2.05, 4.69) is 20.8 Å². The first-order chi connectivity index (χ1) is 9.11. The van der Waals surface area contributed by atoms with Gasteiger partial charge in [-0.05, 0) is 24.6 Å². The van der Waals surface area contributed by atoms with Gasteiger partial charge in [0.15, 0.2) is 11.5 Å². The van der Waals surface area contributed by atoms with E-state index in [1.165, 1.54) is 18.9 Å². The van der Waals surface area contributed by atoms with Gasteiger partial charge in [-0.1, -0.05) is 12.1 Å². The van der Waals surface area contributed by atoms with Gasteiger partial charge in [0.1, 0.15) is 0 Å². The summed E-state index contributed by atoms with van der Waals surface area (Å²) in [5.41, 5.74) is 2.38. The third-order valence-corrected chi connectivity index (χ3v) is 2.77. The highest BCUT2D eigenvalue weighted by atomic mass is 16.5. The van der Waals surface area contributed by atoms with Gasteiger partial charge in [0, 0.05) is 12.7 Å². The second kappa shape index (κ2) is 5.48. The summed E-state index contributed by atoms with van der Waals surface area (Å²) in [6.45, 7) is 2.03. The molecule has 0 aliphatic heterocycles. The summed E-state index contributed by atoms with van der Waals surface area (Å²) < 4.78 is 4.58. The zero-order valence-corrected chi connectivity index (χ0v) is 11.1. The molecule has 0 aliphatic rings. The second-order valence-electron chi connectivity index (χ2n) is 4.15. The fraction of sp³-hybridized carbons (Fsp3) is 0.214. The third-order valence-electron chi connectivity index (χ3n) is 2.77. The number of carbonyl (C=O) groups excluding carboxylic acids is 1. The summed E-state index contributed by atoms with van der Waals surface area (Å²) in [5.74, 6) is 0.176. The third kappa shape index (κ3) is 2.88. The molecule has 0 unspecified atom stereocenters. The molecule has 0 bridgehead atoms. The largest absolute Gasteiger partial charge is 0.464 e. The number of hydrogen-bond donors (Lipinski definition) is 0. The first-order valence-corrected chi connectivity index (χ1v) is 5.82. The van der Waals surface area contributed by atoms with E-state index in [0.717, 1.165) is 5.69 Å². The van der Waals surface area contributed by atoms with Gasteiger partial charge >= 0.3 is 5.97 Å². The number of aryl methyl sites for hydroxylation is 1. The summed E-state index contributed by atoms with van der Waals surface area (Å²) >= 11 is 0. The van der Waals surface area contributed by atoms with Crippen molar-refractivity contribution in [2.24, 2.45) is 0 Å². The van der Waals surface area contributed by atoms with Gasteiger partial charge in [-0.2, -0.15) is 0 Å². The summed E-state index contributed by atoms with van der Waals surface area (Å²) in [5, 5.41) is 0. The summed E-state index contributed by atoms with van der Waals surface area (Å²) in [6, 6.07) is 8.06. The molecule has 0 saturated heterocycles. The number of hydrogen-bond acceptors (Lipinski definition) is 5. The molecule has 0 aliphatic carbocycles. The molecule has 0 atom stereocenters. The van der Waals surface area contributed by atoms with E-state index in [-0.39, 0.29) is 5.69 Å². The zero-order chi connectivity index (χ0) is 13.8. The average Bonchev–Trinajstić information content (AvgIpc) is 2.46. The Hall–Kier alpha value is -2.43. The average molecular weight is 257 g/mol. The van der Waals surface area contributed by atoms with Gasteiger partial charge in [-0.25, -0.2) is 14.8 Å². The SMILES string of the molecule is COC(=O)c1cnc(N(C)c2cccc(C)c2)cn1. The summed E-state index contributed by atoms with van der Waals surface area (Å²) in [7, 11) is 3.22. The smallest absolute Gasteiger partial charge is 0.358 e. The quantitative estimate of drug-likeness (QED) is 0.790. The van der Waals surface area contributed by atoms with Crippen molar-refractivity contribution in [3.8, 4) is 0 Å². The van der Waals surface area contributed by atoms with Gasteiger partial charge in [0.05, 0.1) is 19.5 Å². The molecule has 0 saturated carbocycles. The predicted molar refractivity (Wildman–Crippen MR) is 72.6 cm³/mol. The van der Waals surface area contributed by atoms with Gasteiger partial charge in [-0.3, -0.25) is 0 Å². The highest BCUT2D eigenvalue weighted by Gasteiger charge is 2.10. The number of aromatic nitrogens is 2. The van der Waals surface area contributed by atoms with Crippen LogP contribution in [0.25, 0.3) is 0 Å². The normalized spacial score (nSPS) is 10.1. The fourth-order valence-corrected chi connectivity index (χ4v) is 1.67. The minimum Gasteiger partial charge on any atom is -0.464 e. The topological polar surface area (TPSA) is 55.3 Å². The molecule has 0 amide bonds. The molecule has 5 heteroatoms. The maximum Gasteiger partial charge on any atom is 0.358 e. The van der Waals surface area contributed by atoms with Gasteiger partial charge in [-0.15, -0.1) is 0 Å². The van der Waals surface area contributed by atoms with E-state index in [0.29, 0.717) is 5.82 Å². The van der Waals surface area contributed by atoms with Crippen LogP contribution in [0.2, 0.25) is 0 Å². The first-order valence-electron chi connectivity index (χ1n) is 5.82. The Morgan fingerprint density at radius 1 is 1.26 bits per heavy atom. The molecule has 0 fully saturated rings. The Morgan fingerprint density at radius 2 is 2.05 bits per heavy atom. The van der Waals surface area contributed by atoms with Gasteiger partial charge in [0.2, 0.25) is 0 Å². The minimum atomic E-state index is -0.489. The van der Waals surface area contributed by atoms with E-state index >= 15 is 0 Å². The van der Waals surface area contributed by atoms with Crippen LogP contribution in [0.4, 0.5) is 11.5 Å². The van der Waals surface area contributed by atoms with Gasteiger partial charge < -0.3 is 9.64 Å². The Bertz CT molecular complexity index is 581. The van der Waals surface area contributed by atoms with Crippen LogP contribution >= 0.6 is 0 Å². The molecule has 0 radical (unpaired) electrons. The van der Waals surface area contributed by atoms with E-state index < -0.39 is 5.97 Å². The molecule has 2 rings (SSSR count). The highest BCUT2D eigenvalue weighted by Crippen LogP contribution is 2.21. The molecule has 1 aromatic carbocycles. The Morgan fingerprint density at radius 3 is 2.63 bits per heavy atom. The predicted octanol–water partition coefficient (Wildman–Crippen LogP) is 2.34. The van der Waals surface area contributed by atoms with E-state index in [4.69, 9.17) is 0 Å². The standard InChI is InChI=1S/C14H15N3O2/c1-10-5-4-6-11(7-10)17(2)13-9-15-12(8-16-13)14(18)19-3/h4-9H,1-3H3. The van der Waals surface area contributed by atoms with Crippen molar-refractivity contribution < 1.29 is 9.53 Å². The zero-order valence-electron chi connectivity index (χ0n) is 11.1. The number of esters is 1. The van der Waals surface area contributed by atoms with Crippen LogP contribution in [0.15, 0.2) is 36.7 Å². The molecule has 98 valence electrons. The molecular formula is C14H15N3O2. The Balaban J connectivity index is 2.25. The van der Waals surface area contributed by atoms with Crippen LogP contribution in [0.5, 0.6) is 0 Å². The molecule has 1 heterocycles. The number of carbonyl (C=O) groups is 1. The summed E-state index contributed by atoms with van der Waals surface area (Å²) in [4.78, 5) is 21.4. The number of nitrogens with zero attached hydrogens (tertiary/aromatic N) is 3. The highest BCUT2D eigenvalue weighted by molar-refractivity contribution is 5.86. The lowest BCUT2D eigenvalue weighted by molar-refractivity contribution is 0.0593. The van der Waals surface area contributed by atoms with Gasteiger partial charge in [0.25, 0.3) is 0 Å². The number of ether oxygens (including phenoxy) is 1. The second-order valence-corrected chi connectivity index (χ2v) is 4.15. The fourth-order valence-electron chi connectivity index (χ4n) is 1.67. The van der Waals surface area contributed by atoms with Crippen LogP contribution < -0.4 is 4.90 Å². The van der Waals surface area contributed by atoms with Crippen molar-refractivity contribution in [3.63, 3.8) is 0 Å². The lowest BCUT2D eigenvalue weighted by atomic mass is 10.2. The molecule has 0 N–H and O–H groups in total. The number of anilines is 2. The molecule has 5 nitrogen and oxygen atoms in total. The number of benzene rings is 1. The maximum atomic E-state index is 11.3. The number of methoxy groups -OCH3 is 1. The first kappa shape index (κ1) is 13.0. The molecule has 1 aromatic heterocycles. The van der Waals surface area contributed by atoms with E-state index in [1.54, 1.807) is 6.20 Å². The van der Waals surface area contributed by atoms with Crippen LogP contribution in [-0.4, -0.2) is 30.1 Å². The maximum absolute atomic E-state index is 11.3.